The predicted octanol–water partition coefficient (Wildman–Crippen LogP) is 2.77. The van der Waals surface area contributed by atoms with E-state index < -0.39 is 0 Å². The number of nitrogens with one attached hydrogen (secondary N) is 1. The van der Waals surface area contributed by atoms with E-state index in [1.807, 2.05) is 0 Å². The Balaban J connectivity index is 2.13. The summed E-state index contributed by atoms with van der Waals surface area (Å²) in [4.78, 5) is 4.58. The average Bonchev–Trinajstić information content (AvgIpc) is 2.77. The molecule has 0 aromatic carbocycles. The van der Waals surface area contributed by atoms with Gasteiger partial charge in [0.05, 0.1) is 5.01 Å². The number of hydrogen-bond donors (Lipinski definition) is 1. The van der Waals surface area contributed by atoms with Gasteiger partial charge in [-0.3, -0.25) is 0 Å². The minimum absolute atomic E-state index is 0.310. The van der Waals surface area contributed by atoms with Gasteiger partial charge in [0, 0.05) is 23.0 Å². The first kappa shape index (κ1) is 11.1. The van der Waals surface area contributed by atoms with Gasteiger partial charge in [0.25, 0.3) is 0 Å². The molecule has 0 amide bonds. The van der Waals surface area contributed by atoms with Crippen LogP contribution >= 0.6 is 11.3 Å². The molecular weight excluding hydrogens is 204 g/mol. The topological polar surface area (TPSA) is 24.9 Å². The van der Waals surface area contributed by atoms with E-state index in [0.29, 0.717) is 11.5 Å². The Labute approximate surface area is 96.1 Å². The third-order valence-electron chi connectivity index (χ3n) is 3.52. The Morgan fingerprint density at radius 1 is 1.60 bits per heavy atom. The molecule has 1 unspecified atom stereocenters. The summed E-state index contributed by atoms with van der Waals surface area (Å²) in [5.41, 5.74) is 1.47. The lowest BCUT2D eigenvalue weighted by Crippen LogP contribution is -2.46. The summed E-state index contributed by atoms with van der Waals surface area (Å²) >= 11 is 1.80. The molecule has 0 spiro atoms. The largest absolute Gasteiger partial charge is 0.311 e. The molecule has 0 aliphatic carbocycles. The van der Waals surface area contributed by atoms with Gasteiger partial charge in [-0.1, -0.05) is 13.8 Å². The van der Waals surface area contributed by atoms with E-state index in [4.69, 9.17) is 0 Å². The molecule has 2 heterocycles. The van der Waals surface area contributed by atoms with Crippen LogP contribution in [0.15, 0.2) is 5.38 Å². The lowest BCUT2D eigenvalue weighted by Gasteiger charge is -2.33. The van der Waals surface area contributed by atoms with Crippen molar-refractivity contribution in [1.29, 1.82) is 0 Å². The van der Waals surface area contributed by atoms with E-state index in [1.165, 1.54) is 24.4 Å². The highest BCUT2D eigenvalue weighted by Crippen LogP contribution is 2.32. The quantitative estimate of drug-likeness (QED) is 0.854. The van der Waals surface area contributed by atoms with E-state index in [1.54, 1.807) is 11.3 Å². The van der Waals surface area contributed by atoms with Crippen LogP contribution in [0.3, 0.4) is 0 Å². The van der Waals surface area contributed by atoms with Crippen molar-refractivity contribution in [2.45, 2.75) is 45.6 Å². The Kier molecular flexibility index (Phi) is 3.12. The number of nitrogens with zero attached hydrogens (tertiary/aromatic N) is 1. The zero-order valence-electron chi connectivity index (χ0n) is 9.84. The second-order valence-corrected chi connectivity index (χ2v) is 5.84. The molecule has 0 bridgehead atoms. The van der Waals surface area contributed by atoms with Gasteiger partial charge in [-0.15, -0.1) is 11.3 Å². The molecule has 1 aliphatic heterocycles. The summed E-state index contributed by atoms with van der Waals surface area (Å²) in [5, 5.41) is 7.13. The fraction of sp³-hybridized carbons (Fsp3) is 0.750. The Hall–Kier alpha value is -0.410. The van der Waals surface area contributed by atoms with Gasteiger partial charge in [-0.2, -0.15) is 0 Å². The number of rotatable bonds is 3. The number of aryl methyl sites for hydroxylation is 1. The fourth-order valence-electron chi connectivity index (χ4n) is 2.43. The minimum atomic E-state index is 0.310. The first-order valence-electron chi connectivity index (χ1n) is 5.78. The van der Waals surface area contributed by atoms with Crippen molar-refractivity contribution in [1.82, 2.24) is 10.3 Å². The molecule has 3 heteroatoms. The smallest absolute Gasteiger partial charge is 0.0946 e. The van der Waals surface area contributed by atoms with Crippen LogP contribution in [0.25, 0.3) is 0 Å². The maximum absolute atomic E-state index is 4.58. The van der Waals surface area contributed by atoms with Gasteiger partial charge in [0.2, 0.25) is 0 Å². The maximum atomic E-state index is 4.58. The first-order chi connectivity index (χ1) is 7.12. The monoisotopic (exact) mass is 224 g/mol. The zero-order valence-corrected chi connectivity index (χ0v) is 10.7. The third-order valence-corrected chi connectivity index (χ3v) is 4.48. The summed E-state index contributed by atoms with van der Waals surface area (Å²) in [7, 11) is 0. The van der Waals surface area contributed by atoms with Crippen molar-refractivity contribution < 1.29 is 0 Å². The number of aromatic nitrogens is 1. The van der Waals surface area contributed by atoms with E-state index >= 15 is 0 Å². The Bertz CT molecular complexity index is 324. The SMILES string of the molecule is Cc1csc(CC2(C(C)C)CCCN2)n1. The van der Waals surface area contributed by atoms with Crippen LogP contribution in [0, 0.1) is 12.8 Å². The predicted molar refractivity (Wildman–Crippen MR) is 65.4 cm³/mol. The van der Waals surface area contributed by atoms with Crippen LogP contribution in [-0.2, 0) is 6.42 Å². The summed E-state index contributed by atoms with van der Waals surface area (Å²) in [5.74, 6) is 0.684. The second-order valence-electron chi connectivity index (χ2n) is 4.90. The molecule has 1 atom stereocenters. The van der Waals surface area contributed by atoms with Gasteiger partial charge >= 0.3 is 0 Å². The molecule has 15 heavy (non-hydrogen) atoms. The van der Waals surface area contributed by atoms with Crippen LogP contribution in [0.1, 0.15) is 37.4 Å². The minimum Gasteiger partial charge on any atom is -0.311 e. The van der Waals surface area contributed by atoms with Crippen molar-refractivity contribution in [3.8, 4) is 0 Å². The van der Waals surface area contributed by atoms with Crippen LogP contribution in [0.4, 0.5) is 0 Å². The van der Waals surface area contributed by atoms with Crippen molar-refractivity contribution in [2.75, 3.05) is 6.54 Å². The highest BCUT2D eigenvalue weighted by Gasteiger charge is 2.37. The number of thiazole rings is 1. The van der Waals surface area contributed by atoms with E-state index in [0.717, 1.165) is 12.1 Å². The standard InChI is InChI=1S/C12H20N2S/c1-9(2)12(5-4-6-13-12)7-11-14-10(3)8-15-11/h8-9,13H,4-7H2,1-3H3. The molecule has 1 saturated heterocycles. The Morgan fingerprint density at radius 3 is 2.87 bits per heavy atom. The van der Waals surface area contributed by atoms with E-state index in [9.17, 15) is 0 Å². The van der Waals surface area contributed by atoms with Crippen molar-refractivity contribution >= 4 is 11.3 Å². The van der Waals surface area contributed by atoms with Crippen LogP contribution in [0.2, 0.25) is 0 Å². The lowest BCUT2D eigenvalue weighted by atomic mass is 9.82. The van der Waals surface area contributed by atoms with E-state index in [-0.39, 0.29) is 0 Å². The van der Waals surface area contributed by atoms with Crippen LogP contribution < -0.4 is 5.32 Å². The van der Waals surface area contributed by atoms with Crippen LogP contribution in [-0.4, -0.2) is 17.1 Å². The molecular formula is C12H20N2S. The molecule has 1 fully saturated rings. The van der Waals surface area contributed by atoms with Crippen molar-refractivity contribution in [2.24, 2.45) is 5.92 Å². The summed E-state index contributed by atoms with van der Waals surface area (Å²) in [6.45, 7) is 7.88. The molecule has 2 rings (SSSR count). The lowest BCUT2D eigenvalue weighted by molar-refractivity contribution is 0.269. The first-order valence-corrected chi connectivity index (χ1v) is 6.66. The highest BCUT2D eigenvalue weighted by atomic mass is 32.1. The van der Waals surface area contributed by atoms with Gasteiger partial charge in [-0.25, -0.2) is 4.98 Å². The molecule has 1 aromatic heterocycles. The van der Waals surface area contributed by atoms with Gasteiger partial charge < -0.3 is 5.32 Å². The van der Waals surface area contributed by atoms with E-state index in [2.05, 4.69) is 36.5 Å². The van der Waals surface area contributed by atoms with Crippen LogP contribution in [0.5, 0.6) is 0 Å². The molecule has 2 nitrogen and oxygen atoms in total. The summed E-state index contributed by atoms with van der Waals surface area (Å²) < 4.78 is 0. The molecule has 1 aliphatic rings. The van der Waals surface area contributed by atoms with Gasteiger partial charge in [0.1, 0.15) is 0 Å². The normalized spacial score (nSPS) is 26.4. The van der Waals surface area contributed by atoms with Gasteiger partial charge in [0.15, 0.2) is 0 Å². The number of hydrogen-bond acceptors (Lipinski definition) is 3. The third kappa shape index (κ3) is 2.23. The summed E-state index contributed by atoms with van der Waals surface area (Å²) in [6, 6.07) is 0. The molecule has 0 saturated carbocycles. The Morgan fingerprint density at radius 2 is 2.40 bits per heavy atom. The van der Waals surface area contributed by atoms with Gasteiger partial charge in [-0.05, 0) is 32.2 Å². The molecule has 1 N–H and O–H groups in total. The fourth-order valence-corrected chi connectivity index (χ4v) is 3.33. The molecule has 84 valence electrons. The highest BCUT2D eigenvalue weighted by molar-refractivity contribution is 7.09. The van der Waals surface area contributed by atoms with Crippen molar-refractivity contribution in [3.05, 3.63) is 16.1 Å². The second kappa shape index (κ2) is 4.22. The zero-order chi connectivity index (χ0) is 10.9. The molecule has 0 radical (unpaired) electrons. The average molecular weight is 224 g/mol. The maximum Gasteiger partial charge on any atom is 0.0946 e. The molecule has 1 aromatic rings. The van der Waals surface area contributed by atoms with Crippen molar-refractivity contribution in [3.63, 3.8) is 0 Å². The summed E-state index contributed by atoms with van der Waals surface area (Å²) in [6.07, 6.45) is 3.70.